The molecule has 0 fully saturated rings. The number of hydrogen-bond acceptors (Lipinski definition) is 2. The van der Waals surface area contributed by atoms with E-state index in [1.54, 1.807) is 4.68 Å². The third kappa shape index (κ3) is 3.44. The Morgan fingerprint density at radius 1 is 1.14 bits per heavy atom. The van der Waals surface area contributed by atoms with Crippen molar-refractivity contribution >= 4 is 0 Å². The van der Waals surface area contributed by atoms with Crippen LogP contribution in [0.1, 0.15) is 28.1 Å². The summed E-state index contributed by atoms with van der Waals surface area (Å²) in [5.74, 6) is 0. The number of rotatable bonds is 4. The summed E-state index contributed by atoms with van der Waals surface area (Å²) in [5.41, 5.74) is 2.66. The average molecular weight is 298 g/mol. The number of halogens is 3. The monoisotopic (exact) mass is 298 g/mol. The first-order chi connectivity index (χ1) is 9.82. The second-order valence-electron chi connectivity index (χ2n) is 4.98. The topological polar surface area (TPSA) is 38.0 Å². The highest BCUT2D eigenvalue weighted by Gasteiger charge is 2.29. The van der Waals surface area contributed by atoms with E-state index in [-0.39, 0.29) is 6.61 Å². The minimum absolute atomic E-state index is 0.0576. The van der Waals surface area contributed by atoms with E-state index in [4.69, 9.17) is 0 Å². The number of hydrogen-bond donors (Lipinski definition) is 1. The molecule has 114 valence electrons. The van der Waals surface area contributed by atoms with Gasteiger partial charge in [-0.05, 0) is 38.0 Å². The van der Waals surface area contributed by atoms with Gasteiger partial charge in [-0.25, -0.2) is 0 Å². The van der Waals surface area contributed by atoms with Gasteiger partial charge in [0, 0.05) is 17.8 Å². The Labute approximate surface area is 121 Å². The lowest BCUT2D eigenvalue weighted by Gasteiger charge is -2.08. The minimum Gasteiger partial charge on any atom is -0.392 e. The summed E-state index contributed by atoms with van der Waals surface area (Å²) in [4.78, 5) is 0. The zero-order valence-corrected chi connectivity index (χ0v) is 11.9. The Kier molecular flexibility index (Phi) is 4.37. The Morgan fingerprint density at radius 3 is 2.24 bits per heavy atom. The number of aromatic nitrogens is 2. The molecule has 3 nitrogen and oxygen atoms in total. The van der Waals surface area contributed by atoms with Crippen LogP contribution in [0.15, 0.2) is 24.3 Å². The van der Waals surface area contributed by atoms with Crippen molar-refractivity contribution in [3.05, 3.63) is 52.3 Å². The van der Waals surface area contributed by atoms with Gasteiger partial charge in [0.1, 0.15) is 0 Å². The van der Waals surface area contributed by atoms with E-state index in [0.29, 0.717) is 13.0 Å². The van der Waals surface area contributed by atoms with Gasteiger partial charge in [0.25, 0.3) is 0 Å². The molecule has 0 amide bonds. The molecule has 0 unspecified atom stereocenters. The summed E-state index contributed by atoms with van der Waals surface area (Å²) in [6.07, 6.45) is -3.71. The zero-order valence-electron chi connectivity index (χ0n) is 11.9. The molecule has 1 N–H and O–H groups in total. The van der Waals surface area contributed by atoms with E-state index in [1.165, 1.54) is 12.1 Å². The molecule has 21 heavy (non-hydrogen) atoms. The lowest BCUT2D eigenvalue weighted by atomic mass is 10.1. The lowest BCUT2D eigenvalue weighted by molar-refractivity contribution is -0.137. The van der Waals surface area contributed by atoms with Crippen molar-refractivity contribution in [3.8, 4) is 0 Å². The molecule has 2 rings (SSSR count). The number of aliphatic hydroxyl groups is 1. The summed E-state index contributed by atoms with van der Waals surface area (Å²) in [7, 11) is 0. The minimum atomic E-state index is -4.30. The van der Waals surface area contributed by atoms with Gasteiger partial charge in [0.05, 0.1) is 17.9 Å². The van der Waals surface area contributed by atoms with Gasteiger partial charge in [-0.15, -0.1) is 0 Å². The molecule has 0 spiro atoms. The van der Waals surface area contributed by atoms with Crippen molar-refractivity contribution in [2.75, 3.05) is 0 Å². The molecule has 0 aliphatic heterocycles. The maximum atomic E-state index is 12.5. The highest BCUT2D eigenvalue weighted by molar-refractivity contribution is 5.26. The van der Waals surface area contributed by atoms with Gasteiger partial charge >= 0.3 is 6.18 Å². The Hall–Kier alpha value is -1.82. The summed E-state index contributed by atoms with van der Waals surface area (Å²) in [5, 5.41) is 13.6. The lowest BCUT2D eigenvalue weighted by Crippen LogP contribution is -2.07. The first kappa shape index (κ1) is 15.6. The van der Waals surface area contributed by atoms with Crippen LogP contribution < -0.4 is 0 Å². The van der Waals surface area contributed by atoms with Crippen LogP contribution in [0.3, 0.4) is 0 Å². The van der Waals surface area contributed by atoms with Crippen LogP contribution in [0.25, 0.3) is 0 Å². The molecule has 6 heteroatoms. The standard InChI is InChI=1S/C15H17F3N2O/c1-10-14(9-21)11(2)20(19-10)8-7-12-3-5-13(6-4-12)15(16,17)18/h3-6,21H,7-9H2,1-2H3. The maximum Gasteiger partial charge on any atom is 0.416 e. The number of aliphatic hydroxyl groups excluding tert-OH is 1. The summed E-state index contributed by atoms with van der Waals surface area (Å²) < 4.78 is 39.2. The Morgan fingerprint density at radius 2 is 1.76 bits per heavy atom. The van der Waals surface area contributed by atoms with E-state index < -0.39 is 11.7 Å². The van der Waals surface area contributed by atoms with Crippen LogP contribution in [-0.2, 0) is 25.7 Å². The summed E-state index contributed by atoms with van der Waals surface area (Å²) in [6.45, 7) is 4.21. The van der Waals surface area contributed by atoms with Crippen LogP contribution in [0, 0.1) is 13.8 Å². The van der Waals surface area contributed by atoms with Gasteiger partial charge in [0.2, 0.25) is 0 Å². The van der Waals surface area contributed by atoms with Gasteiger partial charge < -0.3 is 5.11 Å². The molecule has 1 aromatic heterocycles. The number of benzene rings is 1. The fourth-order valence-corrected chi connectivity index (χ4v) is 2.28. The highest BCUT2D eigenvalue weighted by Crippen LogP contribution is 2.29. The Bertz CT molecular complexity index is 615. The van der Waals surface area contributed by atoms with Crippen LogP contribution in [0.5, 0.6) is 0 Å². The van der Waals surface area contributed by atoms with Crippen LogP contribution in [0.2, 0.25) is 0 Å². The van der Waals surface area contributed by atoms with E-state index in [0.717, 1.165) is 34.6 Å². The van der Waals surface area contributed by atoms with Crippen molar-refractivity contribution in [3.63, 3.8) is 0 Å². The molecule has 2 aromatic rings. The first-order valence-corrected chi connectivity index (χ1v) is 6.63. The van der Waals surface area contributed by atoms with E-state index in [9.17, 15) is 18.3 Å². The zero-order chi connectivity index (χ0) is 15.6. The molecule has 0 atom stereocenters. The van der Waals surface area contributed by atoms with Crippen molar-refractivity contribution in [1.29, 1.82) is 0 Å². The SMILES string of the molecule is Cc1nn(CCc2ccc(C(F)(F)F)cc2)c(C)c1CO. The third-order valence-electron chi connectivity index (χ3n) is 3.58. The fraction of sp³-hybridized carbons (Fsp3) is 0.400. The molecule has 1 aromatic carbocycles. The fourth-order valence-electron chi connectivity index (χ4n) is 2.28. The van der Waals surface area contributed by atoms with Crippen LogP contribution in [0.4, 0.5) is 13.2 Å². The van der Waals surface area contributed by atoms with Crippen LogP contribution in [-0.4, -0.2) is 14.9 Å². The van der Waals surface area contributed by atoms with Gasteiger partial charge in [-0.1, -0.05) is 12.1 Å². The average Bonchev–Trinajstić information content (AvgIpc) is 2.70. The van der Waals surface area contributed by atoms with Crippen molar-refractivity contribution < 1.29 is 18.3 Å². The van der Waals surface area contributed by atoms with Crippen molar-refractivity contribution in [1.82, 2.24) is 9.78 Å². The molecule has 0 saturated carbocycles. The van der Waals surface area contributed by atoms with E-state index >= 15 is 0 Å². The number of nitrogens with zero attached hydrogens (tertiary/aromatic N) is 2. The molecular weight excluding hydrogens is 281 g/mol. The summed E-state index contributed by atoms with van der Waals surface area (Å²) in [6, 6.07) is 5.16. The summed E-state index contributed by atoms with van der Waals surface area (Å²) >= 11 is 0. The molecule has 1 heterocycles. The maximum absolute atomic E-state index is 12.5. The second kappa shape index (κ2) is 5.89. The highest BCUT2D eigenvalue weighted by atomic mass is 19.4. The van der Waals surface area contributed by atoms with Gasteiger partial charge in [0.15, 0.2) is 0 Å². The molecule has 0 bridgehead atoms. The quantitative estimate of drug-likeness (QED) is 0.941. The molecule has 0 aliphatic carbocycles. The molecule has 0 radical (unpaired) electrons. The van der Waals surface area contributed by atoms with Gasteiger partial charge in [-0.3, -0.25) is 4.68 Å². The predicted molar refractivity (Wildman–Crippen MR) is 72.8 cm³/mol. The van der Waals surface area contributed by atoms with Crippen LogP contribution >= 0.6 is 0 Å². The predicted octanol–water partition coefficient (Wildman–Crippen LogP) is 3.25. The molecule has 0 aliphatic rings. The number of alkyl halides is 3. The second-order valence-corrected chi connectivity index (χ2v) is 4.98. The molecule has 0 saturated heterocycles. The Balaban J connectivity index is 2.07. The van der Waals surface area contributed by atoms with Crippen molar-refractivity contribution in [2.24, 2.45) is 0 Å². The first-order valence-electron chi connectivity index (χ1n) is 6.63. The largest absolute Gasteiger partial charge is 0.416 e. The van der Waals surface area contributed by atoms with E-state index in [1.807, 2.05) is 13.8 Å². The normalized spacial score (nSPS) is 11.9. The molecular formula is C15H17F3N2O. The van der Waals surface area contributed by atoms with Crippen molar-refractivity contribution in [2.45, 2.75) is 39.6 Å². The number of aryl methyl sites for hydroxylation is 3. The van der Waals surface area contributed by atoms with E-state index in [2.05, 4.69) is 5.10 Å². The van der Waals surface area contributed by atoms with Gasteiger partial charge in [-0.2, -0.15) is 18.3 Å². The third-order valence-corrected chi connectivity index (χ3v) is 3.58. The smallest absolute Gasteiger partial charge is 0.392 e.